The van der Waals surface area contributed by atoms with Crippen molar-refractivity contribution in [2.45, 2.75) is 0 Å². The van der Waals surface area contributed by atoms with Gasteiger partial charge in [-0.1, -0.05) is 17.7 Å². The lowest BCUT2D eigenvalue weighted by Crippen LogP contribution is -2.37. The number of hydrogen-bond donors (Lipinski definition) is 1. The van der Waals surface area contributed by atoms with Gasteiger partial charge < -0.3 is 5.32 Å². The van der Waals surface area contributed by atoms with Gasteiger partial charge in [-0.05, 0) is 42.5 Å². The number of nitrogens with zero attached hydrogens (tertiary/aromatic N) is 1. The number of benzene rings is 2. The zero-order chi connectivity index (χ0) is 17.0. The van der Waals surface area contributed by atoms with Crippen molar-refractivity contribution in [2.75, 3.05) is 22.4 Å². The van der Waals surface area contributed by atoms with Crippen molar-refractivity contribution in [1.29, 1.82) is 0 Å². The smallest absolute Gasteiger partial charge is 0.245 e. The molecule has 5 nitrogen and oxygen atoms in total. The van der Waals surface area contributed by atoms with Crippen LogP contribution in [0.5, 0.6) is 0 Å². The normalized spacial score (nSPS) is 11.1. The highest BCUT2D eigenvalue weighted by Gasteiger charge is 2.21. The van der Waals surface area contributed by atoms with Gasteiger partial charge in [0.2, 0.25) is 15.9 Å². The molecule has 0 fully saturated rings. The molecule has 0 saturated heterocycles. The fraction of sp³-hybridized carbons (Fsp3) is 0.133. The van der Waals surface area contributed by atoms with Gasteiger partial charge in [0.05, 0.1) is 11.9 Å². The van der Waals surface area contributed by atoms with Gasteiger partial charge in [0.1, 0.15) is 12.4 Å². The van der Waals surface area contributed by atoms with Crippen molar-refractivity contribution >= 4 is 38.9 Å². The molecule has 2 aromatic rings. The van der Waals surface area contributed by atoms with Gasteiger partial charge in [-0.25, -0.2) is 12.8 Å². The number of hydrogen-bond acceptors (Lipinski definition) is 3. The molecule has 122 valence electrons. The molecule has 0 saturated carbocycles. The first-order chi connectivity index (χ1) is 10.8. The Hall–Kier alpha value is -2.12. The molecule has 0 aliphatic rings. The summed E-state index contributed by atoms with van der Waals surface area (Å²) < 4.78 is 37.9. The minimum atomic E-state index is -3.74. The summed E-state index contributed by atoms with van der Waals surface area (Å²) in [4.78, 5) is 12.1. The van der Waals surface area contributed by atoms with Crippen molar-refractivity contribution in [2.24, 2.45) is 0 Å². The van der Waals surface area contributed by atoms with Crippen LogP contribution in [0.4, 0.5) is 15.8 Å². The van der Waals surface area contributed by atoms with Crippen molar-refractivity contribution in [3.05, 3.63) is 59.4 Å². The molecule has 0 radical (unpaired) electrons. The average molecular weight is 357 g/mol. The molecule has 1 amide bonds. The number of sulfonamides is 1. The van der Waals surface area contributed by atoms with Gasteiger partial charge in [-0.3, -0.25) is 9.10 Å². The standard InChI is InChI=1S/C15H14ClFN2O3S/c1-23(21,22)19(14-4-2-3-12(17)9-14)10-15(20)18-13-7-5-11(16)6-8-13/h2-9H,10H2,1H3,(H,18,20). The third-order valence-electron chi connectivity index (χ3n) is 2.91. The summed E-state index contributed by atoms with van der Waals surface area (Å²) >= 11 is 5.75. The Morgan fingerprint density at radius 1 is 1.22 bits per heavy atom. The molecule has 2 rings (SSSR count). The first-order valence-corrected chi connectivity index (χ1v) is 8.77. The van der Waals surface area contributed by atoms with E-state index in [-0.39, 0.29) is 5.69 Å². The van der Waals surface area contributed by atoms with E-state index < -0.39 is 28.3 Å². The predicted molar refractivity (Wildman–Crippen MR) is 88.7 cm³/mol. The molecule has 2 aromatic carbocycles. The minimum Gasteiger partial charge on any atom is -0.325 e. The van der Waals surface area contributed by atoms with Gasteiger partial charge in [-0.2, -0.15) is 0 Å². The highest BCUT2D eigenvalue weighted by molar-refractivity contribution is 7.92. The van der Waals surface area contributed by atoms with Crippen molar-refractivity contribution < 1.29 is 17.6 Å². The zero-order valence-corrected chi connectivity index (χ0v) is 13.7. The Balaban J connectivity index is 2.18. The van der Waals surface area contributed by atoms with E-state index in [1.54, 1.807) is 24.3 Å². The van der Waals surface area contributed by atoms with Crippen molar-refractivity contribution in [1.82, 2.24) is 0 Å². The van der Waals surface area contributed by atoms with Crippen LogP contribution in [0.3, 0.4) is 0 Å². The number of carbonyl (C=O) groups is 1. The highest BCUT2D eigenvalue weighted by atomic mass is 35.5. The summed E-state index contributed by atoms with van der Waals surface area (Å²) in [6.45, 7) is -0.467. The Bertz CT molecular complexity index is 810. The zero-order valence-electron chi connectivity index (χ0n) is 12.2. The average Bonchev–Trinajstić information content (AvgIpc) is 2.46. The van der Waals surface area contributed by atoms with Crippen molar-refractivity contribution in [3.63, 3.8) is 0 Å². The molecule has 0 atom stereocenters. The van der Waals surface area contributed by atoms with Crippen LogP contribution in [0, 0.1) is 5.82 Å². The molecule has 1 N–H and O–H groups in total. The molecule has 0 unspecified atom stereocenters. The Kier molecular flexibility index (Phi) is 5.23. The summed E-state index contributed by atoms with van der Waals surface area (Å²) in [7, 11) is -3.74. The molecule has 0 aromatic heterocycles. The van der Waals surface area contributed by atoms with Crippen LogP contribution in [0.2, 0.25) is 5.02 Å². The van der Waals surface area contributed by atoms with Crippen LogP contribution in [0.1, 0.15) is 0 Å². The highest BCUT2D eigenvalue weighted by Crippen LogP contribution is 2.19. The van der Waals surface area contributed by atoms with Crippen LogP contribution in [-0.4, -0.2) is 27.1 Å². The third-order valence-corrected chi connectivity index (χ3v) is 4.30. The lowest BCUT2D eigenvalue weighted by Gasteiger charge is -2.21. The van der Waals surface area contributed by atoms with E-state index in [1.807, 2.05) is 0 Å². The molecule has 8 heteroatoms. The Morgan fingerprint density at radius 3 is 2.43 bits per heavy atom. The molecule has 0 spiro atoms. The maximum atomic E-state index is 13.3. The van der Waals surface area contributed by atoms with Crippen LogP contribution < -0.4 is 9.62 Å². The summed E-state index contributed by atoms with van der Waals surface area (Å²) in [5.74, 6) is -1.14. The third kappa shape index (κ3) is 4.94. The lowest BCUT2D eigenvalue weighted by atomic mass is 10.3. The molecule has 0 heterocycles. The Labute approximate surface area is 138 Å². The molecular formula is C15H14ClFN2O3S. The molecular weight excluding hydrogens is 343 g/mol. The van der Waals surface area contributed by atoms with Gasteiger partial charge in [0.15, 0.2) is 0 Å². The van der Waals surface area contributed by atoms with Gasteiger partial charge in [0, 0.05) is 10.7 Å². The molecule has 0 aliphatic carbocycles. The monoisotopic (exact) mass is 356 g/mol. The number of nitrogens with one attached hydrogen (secondary N) is 1. The quantitative estimate of drug-likeness (QED) is 0.895. The SMILES string of the molecule is CS(=O)(=O)N(CC(=O)Nc1ccc(Cl)cc1)c1cccc(F)c1. The van der Waals surface area contributed by atoms with Gasteiger partial charge in [0.25, 0.3) is 0 Å². The summed E-state index contributed by atoms with van der Waals surface area (Å²) in [5, 5.41) is 3.07. The summed E-state index contributed by atoms with van der Waals surface area (Å²) in [6, 6.07) is 11.4. The topological polar surface area (TPSA) is 66.5 Å². The van der Waals surface area contributed by atoms with E-state index >= 15 is 0 Å². The summed E-state index contributed by atoms with van der Waals surface area (Å²) in [5.41, 5.74) is 0.561. The van der Waals surface area contributed by atoms with E-state index in [0.717, 1.165) is 16.6 Å². The van der Waals surface area contributed by atoms with Crippen molar-refractivity contribution in [3.8, 4) is 0 Å². The van der Waals surface area contributed by atoms with E-state index in [0.29, 0.717) is 10.7 Å². The fourth-order valence-corrected chi connectivity index (χ4v) is 2.87. The van der Waals surface area contributed by atoms with Crippen LogP contribution in [0.25, 0.3) is 0 Å². The second-order valence-corrected chi connectivity index (χ2v) is 7.15. The molecule has 23 heavy (non-hydrogen) atoms. The second kappa shape index (κ2) is 6.97. The van der Waals surface area contributed by atoms with E-state index in [4.69, 9.17) is 11.6 Å². The lowest BCUT2D eigenvalue weighted by molar-refractivity contribution is -0.114. The van der Waals surface area contributed by atoms with Gasteiger partial charge >= 0.3 is 0 Å². The number of anilines is 2. The van der Waals surface area contributed by atoms with E-state index in [1.165, 1.54) is 18.2 Å². The molecule has 0 bridgehead atoms. The van der Waals surface area contributed by atoms with Gasteiger partial charge in [-0.15, -0.1) is 0 Å². The number of rotatable bonds is 5. The fourth-order valence-electron chi connectivity index (χ4n) is 1.90. The van der Waals surface area contributed by atoms with E-state index in [2.05, 4.69) is 5.32 Å². The van der Waals surface area contributed by atoms with Crippen LogP contribution in [-0.2, 0) is 14.8 Å². The number of amides is 1. The van der Waals surface area contributed by atoms with E-state index in [9.17, 15) is 17.6 Å². The van der Waals surface area contributed by atoms with Crippen LogP contribution in [0.15, 0.2) is 48.5 Å². The number of carbonyl (C=O) groups excluding carboxylic acids is 1. The maximum absolute atomic E-state index is 13.3. The first-order valence-electron chi connectivity index (χ1n) is 6.54. The largest absolute Gasteiger partial charge is 0.325 e. The first kappa shape index (κ1) is 17.2. The predicted octanol–water partition coefficient (Wildman–Crippen LogP) is 2.88. The summed E-state index contributed by atoms with van der Waals surface area (Å²) in [6.07, 6.45) is 0.952. The maximum Gasteiger partial charge on any atom is 0.245 e. The second-order valence-electron chi connectivity index (χ2n) is 4.80. The number of halogens is 2. The minimum absolute atomic E-state index is 0.0822. The Morgan fingerprint density at radius 2 is 1.87 bits per heavy atom. The molecule has 0 aliphatic heterocycles. The van der Waals surface area contributed by atoms with Crippen LogP contribution >= 0.6 is 11.6 Å².